The number of hydrogen-bond donors (Lipinski definition) is 3. The lowest BCUT2D eigenvalue weighted by Gasteiger charge is -2.35. The lowest BCUT2D eigenvalue weighted by molar-refractivity contribution is -0.137. The third-order valence-corrected chi connectivity index (χ3v) is 8.11. The van der Waals surface area contributed by atoms with Gasteiger partial charge in [0.1, 0.15) is 5.82 Å². The van der Waals surface area contributed by atoms with Gasteiger partial charge in [-0.15, -0.1) is 0 Å². The van der Waals surface area contributed by atoms with Gasteiger partial charge in [-0.25, -0.2) is 13.4 Å². The van der Waals surface area contributed by atoms with Crippen molar-refractivity contribution in [2.45, 2.75) is 29.6 Å². The van der Waals surface area contributed by atoms with Gasteiger partial charge in [0, 0.05) is 24.7 Å². The minimum absolute atomic E-state index is 0.110. The number of pyridine rings is 1. The molecule has 188 valence electrons. The summed E-state index contributed by atoms with van der Waals surface area (Å²) in [4.78, 5) is 3.87. The SMILES string of the molecule is O=S(=O)(c1ccc(-c2ccc3[nH]ncc3c2)cc1)N1CC[C@@H](Nc2ccc(C(F)(F)F)cn2)[C@@H](O)C1. The number of alkyl halides is 3. The zero-order valence-corrected chi connectivity index (χ0v) is 19.6. The normalized spacial score (nSPS) is 19.4. The van der Waals surface area contributed by atoms with Crippen LogP contribution in [-0.2, 0) is 16.2 Å². The van der Waals surface area contributed by atoms with Crippen molar-refractivity contribution in [3.8, 4) is 11.1 Å². The molecule has 0 unspecified atom stereocenters. The Morgan fingerprint density at radius 3 is 2.44 bits per heavy atom. The highest BCUT2D eigenvalue weighted by molar-refractivity contribution is 7.89. The van der Waals surface area contributed by atoms with Crippen LogP contribution in [-0.4, -0.2) is 58.2 Å². The topological polar surface area (TPSA) is 111 Å². The zero-order chi connectivity index (χ0) is 25.5. The van der Waals surface area contributed by atoms with Crippen molar-refractivity contribution in [3.05, 3.63) is 72.6 Å². The van der Waals surface area contributed by atoms with Crippen LogP contribution in [0.15, 0.2) is 71.9 Å². The second kappa shape index (κ2) is 9.19. The van der Waals surface area contributed by atoms with E-state index >= 15 is 0 Å². The van der Waals surface area contributed by atoms with E-state index in [4.69, 9.17) is 0 Å². The van der Waals surface area contributed by atoms with Crippen LogP contribution in [0.3, 0.4) is 0 Å². The first kappa shape index (κ1) is 24.2. The molecule has 2 atom stereocenters. The number of benzene rings is 2. The monoisotopic (exact) mass is 517 g/mol. The number of aliphatic hydroxyl groups is 1. The molecule has 2 aromatic heterocycles. The number of nitrogens with zero attached hydrogens (tertiary/aromatic N) is 3. The second-order valence-electron chi connectivity index (χ2n) is 8.60. The molecule has 2 aromatic carbocycles. The number of H-pyrrole nitrogens is 1. The van der Waals surface area contributed by atoms with E-state index in [2.05, 4.69) is 20.5 Å². The van der Waals surface area contributed by atoms with E-state index in [0.29, 0.717) is 6.20 Å². The maximum atomic E-state index is 13.2. The summed E-state index contributed by atoms with van der Waals surface area (Å²) in [5, 5.41) is 21.3. The molecule has 0 spiro atoms. The minimum atomic E-state index is -4.49. The number of aromatic nitrogens is 3. The molecular weight excluding hydrogens is 495 g/mol. The van der Waals surface area contributed by atoms with Gasteiger partial charge in [0.15, 0.2) is 0 Å². The Labute approximate surface area is 204 Å². The average molecular weight is 518 g/mol. The van der Waals surface area contributed by atoms with Crippen molar-refractivity contribution < 1.29 is 26.7 Å². The number of hydrogen-bond acceptors (Lipinski definition) is 6. The smallest absolute Gasteiger partial charge is 0.390 e. The van der Waals surface area contributed by atoms with Crippen molar-refractivity contribution in [2.75, 3.05) is 18.4 Å². The molecule has 4 aromatic rings. The van der Waals surface area contributed by atoms with Gasteiger partial charge in [0.25, 0.3) is 0 Å². The zero-order valence-electron chi connectivity index (χ0n) is 18.8. The summed E-state index contributed by atoms with van der Waals surface area (Å²) in [6, 6.07) is 13.8. The van der Waals surface area contributed by atoms with E-state index in [1.54, 1.807) is 18.3 Å². The van der Waals surface area contributed by atoms with Gasteiger partial charge in [-0.05, 0) is 53.9 Å². The molecule has 12 heteroatoms. The number of anilines is 1. The molecule has 1 fully saturated rings. The predicted molar refractivity (Wildman–Crippen MR) is 128 cm³/mol. The highest BCUT2D eigenvalue weighted by Gasteiger charge is 2.35. The highest BCUT2D eigenvalue weighted by Crippen LogP contribution is 2.30. The van der Waals surface area contributed by atoms with Crippen LogP contribution in [0.2, 0.25) is 0 Å². The summed E-state index contributed by atoms with van der Waals surface area (Å²) in [7, 11) is -3.85. The van der Waals surface area contributed by atoms with E-state index in [9.17, 15) is 26.7 Å². The Morgan fingerprint density at radius 2 is 1.78 bits per heavy atom. The van der Waals surface area contributed by atoms with Gasteiger partial charge >= 0.3 is 6.18 Å². The maximum Gasteiger partial charge on any atom is 0.417 e. The van der Waals surface area contributed by atoms with E-state index in [-0.39, 0.29) is 30.2 Å². The average Bonchev–Trinajstić information content (AvgIpc) is 3.33. The van der Waals surface area contributed by atoms with Gasteiger partial charge in [0.05, 0.1) is 34.3 Å². The quantitative estimate of drug-likeness (QED) is 0.371. The van der Waals surface area contributed by atoms with Crippen LogP contribution >= 0.6 is 0 Å². The van der Waals surface area contributed by atoms with E-state index in [1.807, 2.05) is 18.2 Å². The van der Waals surface area contributed by atoms with Crippen molar-refractivity contribution in [3.63, 3.8) is 0 Å². The molecule has 1 aliphatic rings. The van der Waals surface area contributed by atoms with Crippen LogP contribution in [0.4, 0.5) is 19.0 Å². The van der Waals surface area contributed by atoms with E-state index < -0.39 is 33.9 Å². The summed E-state index contributed by atoms with van der Waals surface area (Å²) in [5.74, 6) is 0.174. The van der Waals surface area contributed by atoms with Crippen LogP contribution < -0.4 is 5.32 Å². The predicted octanol–water partition coefficient (Wildman–Crippen LogP) is 3.88. The number of β-amino-alcohol motifs (C(OH)–C–C–N with tert-alkyl or cyclic N) is 1. The molecule has 8 nitrogen and oxygen atoms in total. The minimum Gasteiger partial charge on any atom is -0.390 e. The number of aliphatic hydroxyl groups excluding tert-OH is 1. The molecule has 1 saturated heterocycles. The molecule has 0 aliphatic carbocycles. The fourth-order valence-corrected chi connectivity index (χ4v) is 5.69. The Bertz CT molecular complexity index is 1470. The lowest BCUT2D eigenvalue weighted by atomic mass is 10.0. The van der Waals surface area contributed by atoms with Gasteiger partial charge < -0.3 is 10.4 Å². The summed E-state index contributed by atoms with van der Waals surface area (Å²) >= 11 is 0. The highest BCUT2D eigenvalue weighted by atomic mass is 32.2. The third kappa shape index (κ3) is 4.79. The molecule has 36 heavy (non-hydrogen) atoms. The first-order valence-electron chi connectivity index (χ1n) is 11.1. The molecule has 0 bridgehead atoms. The number of halogens is 3. The van der Waals surface area contributed by atoms with Crippen LogP contribution in [0, 0.1) is 0 Å². The molecular formula is C24H22F3N5O3S. The number of sulfonamides is 1. The second-order valence-corrected chi connectivity index (χ2v) is 10.5. The number of piperidine rings is 1. The molecule has 0 amide bonds. The number of aromatic amines is 1. The summed E-state index contributed by atoms with van der Waals surface area (Å²) in [5.41, 5.74) is 1.81. The fourth-order valence-electron chi connectivity index (χ4n) is 4.22. The molecule has 0 radical (unpaired) electrons. The fraction of sp³-hybridized carbons (Fsp3) is 0.250. The molecule has 5 rings (SSSR count). The van der Waals surface area contributed by atoms with Crippen LogP contribution in [0.5, 0.6) is 0 Å². The van der Waals surface area contributed by atoms with Gasteiger partial charge in [-0.1, -0.05) is 18.2 Å². The summed E-state index contributed by atoms with van der Waals surface area (Å²) in [6.07, 6.45) is -2.87. The van der Waals surface area contributed by atoms with Crippen molar-refractivity contribution in [1.82, 2.24) is 19.5 Å². The van der Waals surface area contributed by atoms with Crippen LogP contribution in [0.25, 0.3) is 22.0 Å². The third-order valence-electron chi connectivity index (χ3n) is 6.23. The van der Waals surface area contributed by atoms with Gasteiger partial charge in [-0.2, -0.15) is 22.6 Å². The van der Waals surface area contributed by atoms with Crippen LogP contribution in [0.1, 0.15) is 12.0 Å². The number of nitrogens with one attached hydrogen (secondary N) is 2. The molecule has 3 heterocycles. The Kier molecular flexibility index (Phi) is 6.18. The number of rotatable bonds is 5. The maximum absolute atomic E-state index is 13.2. The first-order chi connectivity index (χ1) is 17.1. The lowest BCUT2D eigenvalue weighted by Crippen LogP contribution is -2.51. The number of fused-ring (bicyclic) bond motifs is 1. The Balaban J connectivity index is 1.25. The standard InChI is InChI=1S/C24H22F3N5O3S/c25-24(26,27)18-4-8-23(28-13-18)30-21-9-10-32(14-22(21)33)36(34,35)19-5-1-15(2-6-19)16-3-7-20-17(11-16)12-29-31-20/h1-8,11-13,21-22,33H,9-10,14H2,(H,28,30)(H,29,31)/t21-,22+/m1/s1. The molecule has 1 aliphatic heterocycles. The summed E-state index contributed by atoms with van der Waals surface area (Å²) in [6.45, 7) is -0.0177. The van der Waals surface area contributed by atoms with Crippen molar-refractivity contribution in [2.24, 2.45) is 0 Å². The molecule has 0 saturated carbocycles. The van der Waals surface area contributed by atoms with E-state index in [0.717, 1.165) is 28.1 Å². The van der Waals surface area contributed by atoms with Gasteiger partial charge in [-0.3, -0.25) is 5.10 Å². The summed E-state index contributed by atoms with van der Waals surface area (Å²) < 4.78 is 65.7. The van der Waals surface area contributed by atoms with Crippen molar-refractivity contribution in [1.29, 1.82) is 0 Å². The van der Waals surface area contributed by atoms with Crippen molar-refractivity contribution >= 4 is 26.7 Å². The largest absolute Gasteiger partial charge is 0.417 e. The van der Waals surface area contributed by atoms with Gasteiger partial charge in [0.2, 0.25) is 10.0 Å². The first-order valence-corrected chi connectivity index (χ1v) is 12.6. The van der Waals surface area contributed by atoms with E-state index in [1.165, 1.54) is 22.5 Å². The Morgan fingerprint density at radius 1 is 1.03 bits per heavy atom. The Hall–Kier alpha value is -3.48. The molecule has 3 N–H and O–H groups in total.